The highest BCUT2D eigenvalue weighted by Gasteiger charge is 2.15. The van der Waals surface area contributed by atoms with Crippen molar-refractivity contribution in [3.8, 4) is 0 Å². The summed E-state index contributed by atoms with van der Waals surface area (Å²) < 4.78 is 38.5. The number of likely N-dealkylation sites (N-methyl/N-ethyl adjacent to an activating group) is 1. The zero-order chi connectivity index (χ0) is 12.3. The van der Waals surface area contributed by atoms with Crippen molar-refractivity contribution in [2.75, 3.05) is 12.4 Å². The molecule has 6 heteroatoms. The van der Waals surface area contributed by atoms with Gasteiger partial charge in [-0.1, -0.05) is 0 Å². The van der Waals surface area contributed by atoms with Gasteiger partial charge < -0.3 is 10.6 Å². The smallest absolute Gasteiger partial charge is 0.241 e. The van der Waals surface area contributed by atoms with Crippen molar-refractivity contribution in [3.63, 3.8) is 0 Å². The van der Waals surface area contributed by atoms with E-state index < -0.39 is 29.4 Å². The Morgan fingerprint density at radius 3 is 2.31 bits per heavy atom. The van der Waals surface area contributed by atoms with Crippen LogP contribution in [0.2, 0.25) is 0 Å². The molecule has 0 aromatic heterocycles. The molecule has 0 bridgehead atoms. The van der Waals surface area contributed by atoms with E-state index in [9.17, 15) is 18.0 Å². The Morgan fingerprint density at radius 1 is 1.19 bits per heavy atom. The molecule has 0 spiro atoms. The number of amides is 1. The van der Waals surface area contributed by atoms with Gasteiger partial charge in [0.25, 0.3) is 0 Å². The molecule has 3 nitrogen and oxygen atoms in total. The zero-order valence-electron chi connectivity index (χ0n) is 8.77. The van der Waals surface area contributed by atoms with Gasteiger partial charge in [-0.15, -0.1) is 0 Å². The van der Waals surface area contributed by atoms with Crippen LogP contribution in [0, 0.1) is 17.5 Å². The van der Waals surface area contributed by atoms with Crippen LogP contribution in [0.5, 0.6) is 0 Å². The molecule has 1 aromatic carbocycles. The predicted molar refractivity (Wildman–Crippen MR) is 53.5 cm³/mol. The maximum atomic E-state index is 13.1. The van der Waals surface area contributed by atoms with E-state index in [1.165, 1.54) is 0 Å². The molecule has 0 aliphatic heterocycles. The predicted octanol–water partition coefficient (Wildman–Crippen LogP) is 1.65. The molecule has 88 valence electrons. The second-order valence-electron chi connectivity index (χ2n) is 3.25. The number of halogens is 3. The molecule has 0 heterocycles. The van der Waals surface area contributed by atoms with Crippen LogP contribution in [0.4, 0.5) is 18.9 Å². The van der Waals surface area contributed by atoms with Crippen molar-refractivity contribution in [1.29, 1.82) is 0 Å². The summed E-state index contributed by atoms with van der Waals surface area (Å²) in [5, 5.41) is 4.77. The number of carbonyl (C=O) groups is 1. The van der Waals surface area contributed by atoms with Crippen LogP contribution in [0.25, 0.3) is 0 Å². The highest BCUT2D eigenvalue weighted by molar-refractivity contribution is 5.94. The molecule has 2 N–H and O–H groups in total. The molecule has 0 aliphatic rings. The maximum Gasteiger partial charge on any atom is 0.241 e. The normalized spacial score (nSPS) is 12.3. The molecule has 0 fully saturated rings. The Balaban J connectivity index is 2.90. The zero-order valence-corrected chi connectivity index (χ0v) is 8.77. The number of hydrogen-bond donors (Lipinski definition) is 2. The standard InChI is InChI=1S/C10H11F3N2O/c1-5(14-2)10(16)15-9-4-7(12)6(11)3-8(9)13/h3-5,14H,1-2H3,(H,15,16). The van der Waals surface area contributed by atoms with Gasteiger partial charge in [-0.05, 0) is 14.0 Å². The molecule has 1 aromatic rings. The van der Waals surface area contributed by atoms with Gasteiger partial charge in [0.15, 0.2) is 11.6 Å². The topological polar surface area (TPSA) is 41.1 Å². The van der Waals surface area contributed by atoms with Gasteiger partial charge in [-0.3, -0.25) is 4.79 Å². The lowest BCUT2D eigenvalue weighted by atomic mass is 10.2. The summed E-state index contributed by atoms with van der Waals surface area (Å²) in [6.45, 7) is 1.55. The van der Waals surface area contributed by atoms with Crippen LogP contribution in [0.1, 0.15) is 6.92 Å². The third-order valence-electron chi connectivity index (χ3n) is 2.09. The van der Waals surface area contributed by atoms with Crippen molar-refractivity contribution in [1.82, 2.24) is 5.32 Å². The van der Waals surface area contributed by atoms with E-state index in [0.717, 1.165) is 0 Å². The van der Waals surface area contributed by atoms with E-state index in [2.05, 4.69) is 10.6 Å². The molecule has 16 heavy (non-hydrogen) atoms. The number of rotatable bonds is 3. The van der Waals surface area contributed by atoms with Gasteiger partial charge in [0, 0.05) is 12.1 Å². The first-order chi connectivity index (χ1) is 7.45. The van der Waals surface area contributed by atoms with Crippen LogP contribution in [-0.4, -0.2) is 19.0 Å². The summed E-state index contributed by atoms with van der Waals surface area (Å²) in [5.41, 5.74) is -0.383. The molecule has 0 radical (unpaired) electrons. The summed E-state index contributed by atoms with van der Waals surface area (Å²) in [4.78, 5) is 11.3. The Morgan fingerprint density at radius 2 is 1.75 bits per heavy atom. The Kier molecular flexibility index (Phi) is 3.89. The lowest BCUT2D eigenvalue weighted by Crippen LogP contribution is -2.35. The van der Waals surface area contributed by atoms with Crippen LogP contribution in [-0.2, 0) is 4.79 Å². The lowest BCUT2D eigenvalue weighted by molar-refractivity contribution is -0.117. The fraction of sp³-hybridized carbons (Fsp3) is 0.300. The Labute approximate surface area is 90.6 Å². The third kappa shape index (κ3) is 2.73. The van der Waals surface area contributed by atoms with Gasteiger partial charge in [0.2, 0.25) is 5.91 Å². The van der Waals surface area contributed by atoms with Crippen LogP contribution in [0.15, 0.2) is 12.1 Å². The van der Waals surface area contributed by atoms with E-state index in [0.29, 0.717) is 12.1 Å². The lowest BCUT2D eigenvalue weighted by Gasteiger charge is -2.11. The van der Waals surface area contributed by atoms with Gasteiger partial charge in [0.1, 0.15) is 5.82 Å². The number of hydrogen-bond acceptors (Lipinski definition) is 2. The maximum absolute atomic E-state index is 13.1. The number of carbonyl (C=O) groups excluding carboxylic acids is 1. The highest BCUT2D eigenvalue weighted by atomic mass is 19.2. The first-order valence-corrected chi connectivity index (χ1v) is 4.58. The summed E-state index contributed by atoms with van der Waals surface area (Å²) in [6, 6.07) is 0.424. The van der Waals surface area contributed by atoms with E-state index in [-0.39, 0.29) is 5.69 Å². The molecular formula is C10H11F3N2O. The Bertz CT molecular complexity index is 409. The van der Waals surface area contributed by atoms with Crippen LogP contribution < -0.4 is 10.6 Å². The monoisotopic (exact) mass is 232 g/mol. The minimum atomic E-state index is -1.29. The fourth-order valence-corrected chi connectivity index (χ4v) is 0.990. The van der Waals surface area contributed by atoms with Crippen LogP contribution >= 0.6 is 0 Å². The number of benzene rings is 1. The van der Waals surface area contributed by atoms with Crippen molar-refractivity contribution < 1.29 is 18.0 Å². The second kappa shape index (κ2) is 4.98. The highest BCUT2D eigenvalue weighted by Crippen LogP contribution is 2.18. The minimum absolute atomic E-state index is 0.383. The number of anilines is 1. The van der Waals surface area contributed by atoms with Crippen molar-refractivity contribution in [2.45, 2.75) is 13.0 Å². The quantitative estimate of drug-likeness (QED) is 0.778. The van der Waals surface area contributed by atoms with Crippen molar-refractivity contribution in [3.05, 3.63) is 29.6 Å². The van der Waals surface area contributed by atoms with E-state index in [1.807, 2.05) is 0 Å². The largest absolute Gasteiger partial charge is 0.322 e. The van der Waals surface area contributed by atoms with Crippen LogP contribution in [0.3, 0.4) is 0 Å². The fourth-order valence-electron chi connectivity index (χ4n) is 0.990. The molecule has 1 amide bonds. The first kappa shape index (κ1) is 12.5. The average Bonchev–Trinajstić information content (AvgIpc) is 2.24. The summed E-state index contributed by atoms with van der Waals surface area (Å²) in [7, 11) is 1.55. The molecule has 1 unspecified atom stereocenters. The first-order valence-electron chi connectivity index (χ1n) is 4.58. The van der Waals surface area contributed by atoms with Gasteiger partial charge in [-0.2, -0.15) is 0 Å². The molecular weight excluding hydrogens is 221 g/mol. The summed E-state index contributed by atoms with van der Waals surface area (Å²) in [5.74, 6) is -4.06. The minimum Gasteiger partial charge on any atom is -0.322 e. The number of nitrogens with one attached hydrogen (secondary N) is 2. The van der Waals surface area contributed by atoms with Crippen molar-refractivity contribution >= 4 is 11.6 Å². The van der Waals surface area contributed by atoms with E-state index in [1.54, 1.807) is 14.0 Å². The molecule has 1 atom stereocenters. The van der Waals surface area contributed by atoms with Gasteiger partial charge in [-0.25, -0.2) is 13.2 Å². The molecule has 0 aliphatic carbocycles. The second-order valence-corrected chi connectivity index (χ2v) is 3.25. The van der Waals surface area contributed by atoms with E-state index in [4.69, 9.17) is 0 Å². The van der Waals surface area contributed by atoms with Gasteiger partial charge in [0.05, 0.1) is 11.7 Å². The summed E-state index contributed by atoms with van der Waals surface area (Å²) in [6.07, 6.45) is 0. The van der Waals surface area contributed by atoms with Crippen molar-refractivity contribution in [2.24, 2.45) is 0 Å². The average molecular weight is 232 g/mol. The molecule has 0 saturated heterocycles. The Hall–Kier alpha value is -1.56. The molecule has 0 saturated carbocycles. The molecule has 1 rings (SSSR count). The summed E-state index contributed by atoms with van der Waals surface area (Å²) >= 11 is 0. The SMILES string of the molecule is CNC(C)C(=O)Nc1cc(F)c(F)cc1F. The third-order valence-corrected chi connectivity index (χ3v) is 2.09. The van der Waals surface area contributed by atoms with E-state index >= 15 is 0 Å². The van der Waals surface area contributed by atoms with Gasteiger partial charge >= 0.3 is 0 Å².